The molecule has 0 bridgehead atoms. The second-order valence-corrected chi connectivity index (χ2v) is 6.86. The zero-order chi connectivity index (χ0) is 20.9. The Kier molecular flexibility index (Phi) is 5.53. The minimum Gasteiger partial charge on any atom is -0.465 e. The maximum absolute atomic E-state index is 13.1. The molecular weight excluding hydrogens is 372 g/mol. The van der Waals surface area contributed by atoms with E-state index >= 15 is 0 Å². The number of fused-ring (bicyclic) bond motifs is 1. The third kappa shape index (κ3) is 3.78. The van der Waals surface area contributed by atoms with Crippen molar-refractivity contribution in [3.8, 4) is 0 Å². The molecule has 0 heterocycles. The Morgan fingerprint density at radius 2 is 1.37 bits per heavy atom. The van der Waals surface area contributed by atoms with Crippen molar-refractivity contribution in [1.29, 1.82) is 0 Å². The van der Waals surface area contributed by atoms with Gasteiger partial charge in [-0.1, -0.05) is 91.0 Å². The van der Waals surface area contributed by atoms with E-state index in [1.54, 1.807) is 12.2 Å². The van der Waals surface area contributed by atoms with E-state index in [1.165, 1.54) is 7.11 Å². The van der Waals surface area contributed by atoms with Crippen LogP contribution in [0.1, 0.15) is 22.3 Å². The minimum atomic E-state index is -0.629. The number of esters is 1. The number of carbonyl (C=O) groups excluding carboxylic acids is 2. The van der Waals surface area contributed by atoms with Gasteiger partial charge in [-0.3, -0.25) is 4.79 Å². The lowest BCUT2D eigenvalue weighted by molar-refractivity contribution is -0.137. The number of rotatable bonds is 4. The molecule has 0 radical (unpaired) electrons. The van der Waals surface area contributed by atoms with Gasteiger partial charge in [0.25, 0.3) is 0 Å². The summed E-state index contributed by atoms with van der Waals surface area (Å²) in [5.74, 6) is -0.965. The maximum Gasteiger partial charge on any atom is 0.341 e. The number of allylic oxidation sites excluding steroid dienone is 3. The number of ketones is 1. The van der Waals surface area contributed by atoms with Gasteiger partial charge in [0.2, 0.25) is 5.78 Å². The zero-order valence-corrected chi connectivity index (χ0v) is 16.5. The number of carbonyl (C=O) groups is 2. The van der Waals surface area contributed by atoms with Crippen LogP contribution in [0.5, 0.6) is 0 Å². The smallest absolute Gasteiger partial charge is 0.341 e. The van der Waals surface area contributed by atoms with Gasteiger partial charge in [-0.2, -0.15) is 0 Å². The highest BCUT2D eigenvalue weighted by Crippen LogP contribution is 2.32. The van der Waals surface area contributed by atoms with E-state index in [1.807, 2.05) is 91.0 Å². The lowest BCUT2D eigenvalue weighted by atomic mass is 9.86. The van der Waals surface area contributed by atoms with E-state index in [9.17, 15) is 9.59 Å². The van der Waals surface area contributed by atoms with E-state index in [4.69, 9.17) is 4.74 Å². The van der Waals surface area contributed by atoms with Crippen molar-refractivity contribution in [3.05, 3.63) is 125 Å². The molecule has 3 aromatic rings. The predicted octanol–water partition coefficient (Wildman–Crippen LogP) is 5.34. The number of benzene rings is 3. The van der Waals surface area contributed by atoms with Gasteiger partial charge in [0.1, 0.15) is 5.57 Å². The van der Waals surface area contributed by atoms with Crippen molar-refractivity contribution in [1.82, 2.24) is 0 Å². The first-order chi connectivity index (χ1) is 14.7. The Bertz CT molecular complexity index is 1140. The van der Waals surface area contributed by atoms with Crippen LogP contribution >= 0.6 is 0 Å². The molecule has 0 spiro atoms. The van der Waals surface area contributed by atoms with Crippen LogP contribution in [0, 0.1) is 0 Å². The summed E-state index contributed by atoms with van der Waals surface area (Å²) in [7, 11) is 1.28. The highest BCUT2D eigenvalue weighted by molar-refractivity contribution is 6.41. The van der Waals surface area contributed by atoms with Gasteiger partial charge in [0.05, 0.1) is 7.11 Å². The van der Waals surface area contributed by atoms with Crippen LogP contribution in [0.4, 0.5) is 0 Å². The van der Waals surface area contributed by atoms with Crippen LogP contribution in [0.15, 0.2) is 103 Å². The summed E-state index contributed by atoms with van der Waals surface area (Å²) in [6.45, 7) is 0. The summed E-state index contributed by atoms with van der Waals surface area (Å²) in [5, 5.41) is 0. The van der Waals surface area contributed by atoms with E-state index in [-0.39, 0.29) is 11.4 Å². The van der Waals surface area contributed by atoms with Crippen molar-refractivity contribution >= 4 is 29.0 Å². The van der Waals surface area contributed by atoms with Crippen LogP contribution in [0.3, 0.4) is 0 Å². The highest BCUT2D eigenvalue weighted by Gasteiger charge is 2.28. The van der Waals surface area contributed by atoms with E-state index in [2.05, 4.69) is 0 Å². The standard InChI is InChI=1S/C27H20O3/c1-30-27(29)25-18-21-14-8-9-15-23(21)24(26(25)28)17-16-22(19-10-4-2-5-11-19)20-12-6-3-7-13-20/h2-18H,1H3/b24-17-. The first kappa shape index (κ1) is 19.3. The summed E-state index contributed by atoms with van der Waals surface area (Å²) >= 11 is 0. The number of ether oxygens (including phenoxy) is 1. The quantitative estimate of drug-likeness (QED) is 0.342. The van der Waals surface area contributed by atoms with Crippen LogP contribution in [0.25, 0.3) is 17.2 Å². The van der Waals surface area contributed by atoms with Gasteiger partial charge in [0.15, 0.2) is 0 Å². The largest absolute Gasteiger partial charge is 0.465 e. The van der Waals surface area contributed by atoms with Gasteiger partial charge < -0.3 is 4.74 Å². The minimum absolute atomic E-state index is 0.0387. The molecule has 0 amide bonds. The fourth-order valence-corrected chi connectivity index (χ4v) is 3.54. The molecule has 4 rings (SSSR count). The predicted molar refractivity (Wildman–Crippen MR) is 119 cm³/mol. The van der Waals surface area contributed by atoms with Crippen molar-refractivity contribution < 1.29 is 14.3 Å². The summed E-state index contributed by atoms with van der Waals surface area (Å²) in [4.78, 5) is 25.3. The fraction of sp³-hybridized carbons (Fsp3) is 0.0370. The third-order valence-electron chi connectivity index (χ3n) is 5.03. The van der Waals surface area contributed by atoms with Gasteiger partial charge in [-0.25, -0.2) is 4.79 Å². The lowest BCUT2D eigenvalue weighted by Gasteiger charge is -2.17. The first-order valence-corrected chi connectivity index (χ1v) is 9.66. The van der Waals surface area contributed by atoms with Crippen molar-refractivity contribution in [2.75, 3.05) is 7.11 Å². The average Bonchev–Trinajstić information content (AvgIpc) is 2.81. The first-order valence-electron chi connectivity index (χ1n) is 9.66. The Morgan fingerprint density at radius 1 is 0.800 bits per heavy atom. The maximum atomic E-state index is 13.1. The van der Waals surface area contributed by atoms with Crippen molar-refractivity contribution in [2.24, 2.45) is 0 Å². The Labute approximate surface area is 175 Å². The molecule has 0 unspecified atom stereocenters. The topological polar surface area (TPSA) is 43.4 Å². The third-order valence-corrected chi connectivity index (χ3v) is 5.03. The Hall–Kier alpha value is -3.98. The normalized spacial score (nSPS) is 14.0. The summed E-state index contributed by atoms with van der Waals surface area (Å²) in [6.07, 6.45) is 5.33. The van der Waals surface area contributed by atoms with Crippen LogP contribution in [0.2, 0.25) is 0 Å². The zero-order valence-electron chi connectivity index (χ0n) is 16.5. The van der Waals surface area contributed by atoms with Crippen molar-refractivity contribution in [3.63, 3.8) is 0 Å². The number of hydrogen-bond donors (Lipinski definition) is 0. The van der Waals surface area contributed by atoms with Crippen LogP contribution in [-0.2, 0) is 14.3 Å². The van der Waals surface area contributed by atoms with Gasteiger partial charge in [-0.05, 0) is 40.0 Å². The molecule has 0 aromatic heterocycles. The number of Topliss-reactive ketones (excluding diaryl/α,β-unsaturated/α-hetero) is 1. The van der Waals surface area contributed by atoms with Crippen molar-refractivity contribution in [2.45, 2.75) is 0 Å². The van der Waals surface area contributed by atoms with Gasteiger partial charge in [-0.15, -0.1) is 0 Å². The molecule has 0 fully saturated rings. The highest BCUT2D eigenvalue weighted by atomic mass is 16.5. The molecule has 0 atom stereocenters. The molecule has 146 valence electrons. The monoisotopic (exact) mass is 392 g/mol. The Morgan fingerprint density at radius 3 is 1.97 bits per heavy atom. The van der Waals surface area contributed by atoms with E-state index < -0.39 is 5.97 Å². The number of methoxy groups -OCH3 is 1. The summed E-state index contributed by atoms with van der Waals surface area (Å²) < 4.78 is 4.82. The SMILES string of the molecule is COC(=O)C1=Cc2ccccc2/C(=C/C=C(c2ccccc2)c2ccccc2)C1=O. The molecule has 1 aliphatic rings. The molecule has 30 heavy (non-hydrogen) atoms. The lowest BCUT2D eigenvalue weighted by Crippen LogP contribution is -2.19. The van der Waals surface area contributed by atoms with Crippen LogP contribution in [-0.4, -0.2) is 18.9 Å². The number of hydrogen-bond acceptors (Lipinski definition) is 3. The Balaban J connectivity index is 1.87. The second-order valence-electron chi connectivity index (χ2n) is 6.86. The van der Waals surface area contributed by atoms with Gasteiger partial charge in [0, 0.05) is 5.57 Å². The molecule has 3 aromatic carbocycles. The van der Waals surface area contributed by atoms with E-state index in [0.29, 0.717) is 5.57 Å². The molecule has 1 aliphatic carbocycles. The molecule has 3 nitrogen and oxygen atoms in total. The molecule has 0 aliphatic heterocycles. The average molecular weight is 392 g/mol. The second kappa shape index (κ2) is 8.58. The molecule has 0 saturated carbocycles. The summed E-state index contributed by atoms with van der Waals surface area (Å²) in [5.41, 5.74) is 5.20. The fourth-order valence-electron chi connectivity index (χ4n) is 3.54. The van der Waals surface area contributed by atoms with Crippen LogP contribution < -0.4 is 0 Å². The molecule has 0 saturated heterocycles. The van der Waals surface area contributed by atoms with Gasteiger partial charge >= 0.3 is 5.97 Å². The summed E-state index contributed by atoms with van der Waals surface area (Å²) in [6, 6.07) is 27.6. The molecule has 3 heteroatoms. The molecular formula is C27H20O3. The van der Waals surface area contributed by atoms with E-state index in [0.717, 1.165) is 27.8 Å². The molecule has 0 N–H and O–H groups in total.